The van der Waals surface area contributed by atoms with E-state index in [0.717, 1.165) is 36.3 Å². The molecule has 1 N–H and O–H groups in total. The summed E-state index contributed by atoms with van der Waals surface area (Å²) in [6.07, 6.45) is 4.06. The summed E-state index contributed by atoms with van der Waals surface area (Å²) in [6.45, 7) is 2.13. The zero-order chi connectivity index (χ0) is 16.5. The Balaban J connectivity index is 1.57. The highest BCUT2D eigenvalue weighted by Crippen LogP contribution is 2.20. The van der Waals surface area contributed by atoms with Crippen LogP contribution in [0.3, 0.4) is 0 Å². The van der Waals surface area contributed by atoms with Crippen molar-refractivity contribution in [3.8, 4) is 11.6 Å². The zero-order valence-electron chi connectivity index (χ0n) is 12.8. The standard InChI is InChI=1S/C17H15ClN4O2/c18-15-4-3-11(8-19-15)9-22-6-5-13-12(10-22)17(23)21-16(20-13)14-2-1-7-24-14/h1-4,7-8H,5-6,9-10H2,(H,20,21,23). The third-order valence-corrected chi connectivity index (χ3v) is 4.32. The van der Waals surface area contributed by atoms with E-state index in [1.54, 1.807) is 30.7 Å². The molecule has 1 aliphatic heterocycles. The molecule has 1 aliphatic rings. The van der Waals surface area contributed by atoms with Crippen LogP contribution in [0.2, 0.25) is 5.15 Å². The molecule has 0 aliphatic carbocycles. The van der Waals surface area contributed by atoms with E-state index in [9.17, 15) is 4.79 Å². The van der Waals surface area contributed by atoms with Crippen LogP contribution in [-0.2, 0) is 19.5 Å². The third kappa shape index (κ3) is 2.98. The molecular formula is C17H15ClN4O2. The number of nitrogens with one attached hydrogen (secondary N) is 1. The molecule has 0 radical (unpaired) electrons. The lowest BCUT2D eigenvalue weighted by Gasteiger charge is -2.27. The highest BCUT2D eigenvalue weighted by atomic mass is 35.5. The largest absolute Gasteiger partial charge is 0.461 e. The molecule has 6 nitrogen and oxygen atoms in total. The number of furan rings is 1. The second kappa shape index (κ2) is 6.22. The van der Waals surface area contributed by atoms with Crippen LogP contribution in [0.1, 0.15) is 16.8 Å². The molecule has 0 fully saturated rings. The van der Waals surface area contributed by atoms with Crippen molar-refractivity contribution in [2.75, 3.05) is 6.54 Å². The summed E-state index contributed by atoms with van der Waals surface area (Å²) in [5.41, 5.74) is 2.53. The Kier molecular flexibility index (Phi) is 3.92. The van der Waals surface area contributed by atoms with Crippen molar-refractivity contribution >= 4 is 11.6 Å². The van der Waals surface area contributed by atoms with E-state index in [1.165, 1.54) is 0 Å². The predicted molar refractivity (Wildman–Crippen MR) is 89.6 cm³/mol. The third-order valence-electron chi connectivity index (χ3n) is 4.10. The van der Waals surface area contributed by atoms with Crippen molar-refractivity contribution in [2.24, 2.45) is 0 Å². The number of hydrogen-bond acceptors (Lipinski definition) is 5. The predicted octanol–water partition coefficient (Wildman–Crippen LogP) is 2.64. The van der Waals surface area contributed by atoms with Crippen molar-refractivity contribution < 1.29 is 4.42 Å². The fourth-order valence-electron chi connectivity index (χ4n) is 2.90. The second-order valence-corrected chi connectivity index (χ2v) is 6.15. The minimum atomic E-state index is -0.106. The van der Waals surface area contributed by atoms with Gasteiger partial charge >= 0.3 is 0 Å². The maximum absolute atomic E-state index is 12.4. The van der Waals surface area contributed by atoms with E-state index < -0.39 is 0 Å². The summed E-state index contributed by atoms with van der Waals surface area (Å²) in [7, 11) is 0. The number of fused-ring (bicyclic) bond motifs is 1. The lowest BCUT2D eigenvalue weighted by atomic mass is 10.1. The first-order chi connectivity index (χ1) is 11.7. The average Bonchev–Trinajstić information content (AvgIpc) is 3.12. The normalized spacial score (nSPS) is 14.5. The second-order valence-electron chi connectivity index (χ2n) is 5.77. The number of pyridine rings is 1. The Morgan fingerprint density at radius 1 is 1.33 bits per heavy atom. The zero-order valence-corrected chi connectivity index (χ0v) is 13.6. The van der Waals surface area contributed by atoms with Crippen molar-refractivity contribution in [3.63, 3.8) is 0 Å². The first kappa shape index (κ1) is 15.1. The van der Waals surface area contributed by atoms with E-state index in [1.807, 2.05) is 6.07 Å². The fraction of sp³-hybridized carbons (Fsp3) is 0.235. The van der Waals surface area contributed by atoms with Gasteiger partial charge < -0.3 is 9.40 Å². The summed E-state index contributed by atoms with van der Waals surface area (Å²) in [6, 6.07) is 7.29. The van der Waals surface area contributed by atoms with Crippen LogP contribution in [0.4, 0.5) is 0 Å². The molecule has 0 saturated heterocycles. The molecule has 0 amide bonds. The topological polar surface area (TPSA) is 75.0 Å². The molecule has 7 heteroatoms. The summed E-state index contributed by atoms with van der Waals surface area (Å²) in [4.78, 5) is 26.1. The number of nitrogens with zero attached hydrogens (tertiary/aromatic N) is 3. The monoisotopic (exact) mass is 342 g/mol. The van der Waals surface area contributed by atoms with Crippen LogP contribution in [0.5, 0.6) is 0 Å². The van der Waals surface area contributed by atoms with E-state index in [-0.39, 0.29) is 5.56 Å². The van der Waals surface area contributed by atoms with Gasteiger partial charge in [0.2, 0.25) is 0 Å². The van der Waals surface area contributed by atoms with Gasteiger partial charge in [0, 0.05) is 32.3 Å². The highest BCUT2D eigenvalue weighted by molar-refractivity contribution is 6.29. The van der Waals surface area contributed by atoms with Gasteiger partial charge in [0.05, 0.1) is 17.5 Å². The lowest BCUT2D eigenvalue weighted by molar-refractivity contribution is 0.241. The molecule has 4 rings (SSSR count). The van der Waals surface area contributed by atoms with Gasteiger partial charge in [0.15, 0.2) is 11.6 Å². The SMILES string of the molecule is O=c1[nH]c(-c2ccco2)nc2c1CN(Cc1ccc(Cl)nc1)CC2. The Labute approximate surface area is 143 Å². The average molecular weight is 343 g/mol. The minimum absolute atomic E-state index is 0.106. The van der Waals surface area contributed by atoms with Crippen molar-refractivity contribution in [2.45, 2.75) is 19.5 Å². The van der Waals surface area contributed by atoms with E-state index in [2.05, 4.69) is 19.9 Å². The Hall–Kier alpha value is -2.44. The molecule has 3 aromatic rings. The summed E-state index contributed by atoms with van der Waals surface area (Å²) < 4.78 is 5.31. The first-order valence-corrected chi connectivity index (χ1v) is 8.05. The van der Waals surface area contributed by atoms with Gasteiger partial charge in [-0.15, -0.1) is 0 Å². The quantitative estimate of drug-likeness (QED) is 0.741. The molecular weight excluding hydrogens is 328 g/mol. The van der Waals surface area contributed by atoms with E-state index in [0.29, 0.717) is 23.3 Å². The lowest BCUT2D eigenvalue weighted by Crippen LogP contribution is -2.35. The molecule has 0 unspecified atom stereocenters. The number of rotatable bonds is 3. The number of H-pyrrole nitrogens is 1. The molecule has 0 aromatic carbocycles. The van der Waals surface area contributed by atoms with Crippen LogP contribution >= 0.6 is 11.6 Å². The molecule has 0 spiro atoms. The smallest absolute Gasteiger partial charge is 0.256 e. The molecule has 0 saturated carbocycles. The summed E-state index contributed by atoms with van der Waals surface area (Å²) >= 11 is 5.81. The first-order valence-electron chi connectivity index (χ1n) is 7.68. The summed E-state index contributed by atoms with van der Waals surface area (Å²) in [5.74, 6) is 1.06. The van der Waals surface area contributed by atoms with Gasteiger partial charge in [-0.05, 0) is 23.8 Å². The van der Waals surface area contributed by atoms with Crippen LogP contribution in [0.15, 0.2) is 45.9 Å². The maximum Gasteiger partial charge on any atom is 0.256 e. The van der Waals surface area contributed by atoms with Crippen molar-refractivity contribution in [3.05, 3.63) is 69.1 Å². The van der Waals surface area contributed by atoms with Gasteiger partial charge in [0.1, 0.15) is 5.15 Å². The maximum atomic E-state index is 12.4. The number of aromatic nitrogens is 3. The van der Waals surface area contributed by atoms with Crippen LogP contribution in [0.25, 0.3) is 11.6 Å². The summed E-state index contributed by atoms with van der Waals surface area (Å²) in [5, 5.41) is 0.480. The van der Waals surface area contributed by atoms with Crippen LogP contribution in [-0.4, -0.2) is 26.4 Å². The van der Waals surface area contributed by atoms with Gasteiger partial charge in [-0.25, -0.2) is 9.97 Å². The van der Waals surface area contributed by atoms with E-state index >= 15 is 0 Å². The van der Waals surface area contributed by atoms with Crippen molar-refractivity contribution in [1.82, 2.24) is 19.9 Å². The van der Waals surface area contributed by atoms with Crippen molar-refractivity contribution in [1.29, 1.82) is 0 Å². The molecule has 0 bridgehead atoms. The van der Waals surface area contributed by atoms with Gasteiger partial charge in [-0.3, -0.25) is 9.69 Å². The number of aromatic amines is 1. The molecule has 4 heterocycles. The molecule has 122 valence electrons. The fourth-order valence-corrected chi connectivity index (χ4v) is 3.02. The van der Waals surface area contributed by atoms with E-state index in [4.69, 9.17) is 16.0 Å². The Bertz CT molecular complexity index is 903. The molecule has 24 heavy (non-hydrogen) atoms. The van der Waals surface area contributed by atoms with Gasteiger partial charge in [-0.1, -0.05) is 17.7 Å². The number of hydrogen-bond donors (Lipinski definition) is 1. The molecule has 3 aromatic heterocycles. The highest BCUT2D eigenvalue weighted by Gasteiger charge is 2.22. The van der Waals surface area contributed by atoms with Gasteiger partial charge in [-0.2, -0.15) is 0 Å². The van der Waals surface area contributed by atoms with Crippen LogP contribution < -0.4 is 5.56 Å². The van der Waals surface area contributed by atoms with Crippen LogP contribution in [0, 0.1) is 0 Å². The Morgan fingerprint density at radius 3 is 3.00 bits per heavy atom. The van der Waals surface area contributed by atoms with Gasteiger partial charge in [0.25, 0.3) is 5.56 Å². The molecule has 0 atom stereocenters. The number of halogens is 1. The minimum Gasteiger partial charge on any atom is -0.461 e. The Morgan fingerprint density at radius 2 is 2.25 bits per heavy atom.